The molecule has 0 aliphatic carbocycles. The number of pyridine rings is 1. The van der Waals surface area contributed by atoms with Gasteiger partial charge in [0, 0.05) is 11.8 Å². The molecule has 5 heteroatoms. The number of hydrogen-bond acceptors (Lipinski definition) is 3. The zero-order valence-electron chi connectivity index (χ0n) is 10.9. The average molecular weight is 270 g/mol. The van der Waals surface area contributed by atoms with Gasteiger partial charge in [0.25, 0.3) is 5.91 Å². The first kappa shape index (κ1) is 13.7. The summed E-state index contributed by atoms with van der Waals surface area (Å²) in [5.41, 5.74) is 1.13. The van der Waals surface area contributed by atoms with Gasteiger partial charge in [-0.1, -0.05) is 24.3 Å². The number of aromatic nitrogens is 1. The maximum atomic E-state index is 11.9. The van der Waals surface area contributed by atoms with Crippen LogP contribution in [-0.4, -0.2) is 22.0 Å². The number of carbonyl (C=O) groups is 2. The number of hydrogen-bond donors (Lipinski definition) is 2. The Labute approximate surface area is 116 Å². The lowest BCUT2D eigenvalue weighted by atomic mass is 10.0. The Morgan fingerprint density at radius 1 is 1.15 bits per heavy atom. The predicted molar refractivity (Wildman–Crippen MR) is 74.7 cm³/mol. The Bertz CT molecular complexity index is 609. The third-order valence-corrected chi connectivity index (χ3v) is 2.93. The molecule has 0 aliphatic heterocycles. The van der Waals surface area contributed by atoms with Crippen molar-refractivity contribution in [3.8, 4) is 0 Å². The van der Waals surface area contributed by atoms with Crippen LogP contribution in [0.5, 0.6) is 0 Å². The Morgan fingerprint density at radius 2 is 1.85 bits per heavy atom. The van der Waals surface area contributed by atoms with Gasteiger partial charge in [-0.3, -0.25) is 9.59 Å². The summed E-state index contributed by atoms with van der Waals surface area (Å²) in [5, 5.41) is 11.6. The SMILES string of the molecule is C[C@@H](C(=O)O)c1ccc(NC(=O)c2ccccc2)nc1. The molecular weight excluding hydrogens is 256 g/mol. The lowest BCUT2D eigenvalue weighted by Crippen LogP contribution is -2.13. The van der Waals surface area contributed by atoms with Gasteiger partial charge in [0.1, 0.15) is 5.82 Å². The molecule has 0 bridgehead atoms. The van der Waals surface area contributed by atoms with E-state index < -0.39 is 11.9 Å². The Morgan fingerprint density at radius 3 is 2.40 bits per heavy atom. The maximum Gasteiger partial charge on any atom is 0.310 e. The van der Waals surface area contributed by atoms with Crippen molar-refractivity contribution in [2.75, 3.05) is 5.32 Å². The highest BCUT2D eigenvalue weighted by Crippen LogP contribution is 2.16. The van der Waals surface area contributed by atoms with Crippen LogP contribution in [-0.2, 0) is 4.79 Å². The van der Waals surface area contributed by atoms with Crippen molar-refractivity contribution < 1.29 is 14.7 Å². The van der Waals surface area contributed by atoms with Crippen molar-refractivity contribution in [1.29, 1.82) is 0 Å². The van der Waals surface area contributed by atoms with E-state index in [2.05, 4.69) is 10.3 Å². The van der Waals surface area contributed by atoms with E-state index in [0.29, 0.717) is 16.9 Å². The van der Waals surface area contributed by atoms with Crippen molar-refractivity contribution in [1.82, 2.24) is 4.98 Å². The van der Waals surface area contributed by atoms with Crippen molar-refractivity contribution in [2.45, 2.75) is 12.8 Å². The second-order valence-corrected chi connectivity index (χ2v) is 4.36. The van der Waals surface area contributed by atoms with Gasteiger partial charge in [0.2, 0.25) is 0 Å². The third-order valence-electron chi connectivity index (χ3n) is 2.93. The van der Waals surface area contributed by atoms with E-state index in [-0.39, 0.29) is 5.91 Å². The fraction of sp³-hybridized carbons (Fsp3) is 0.133. The molecule has 1 amide bonds. The molecule has 20 heavy (non-hydrogen) atoms. The quantitative estimate of drug-likeness (QED) is 0.894. The fourth-order valence-corrected chi connectivity index (χ4v) is 1.66. The number of anilines is 1. The van der Waals surface area contributed by atoms with E-state index in [1.165, 1.54) is 6.20 Å². The summed E-state index contributed by atoms with van der Waals surface area (Å²) >= 11 is 0. The number of carboxylic acids is 1. The fourth-order valence-electron chi connectivity index (χ4n) is 1.66. The molecule has 0 saturated carbocycles. The van der Waals surface area contributed by atoms with Crippen LogP contribution < -0.4 is 5.32 Å². The molecule has 2 rings (SSSR count). The topological polar surface area (TPSA) is 79.3 Å². The van der Waals surface area contributed by atoms with Crippen LogP contribution in [0, 0.1) is 0 Å². The van der Waals surface area contributed by atoms with E-state index >= 15 is 0 Å². The van der Waals surface area contributed by atoms with Crippen molar-refractivity contribution in [2.24, 2.45) is 0 Å². The maximum absolute atomic E-state index is 11.9. The summed E-state index contributed by atoms with van der Waals surface area (Å²) in [6.45, 7) is 1.58. The minimum absolute atomic E-state index is 0.253. The molecule has 2 N–H and O–H groups in total. The van der Waals surface area contributed by atoms with Crippen LogP contribution in [0.2, 0.25) is 0 Å². The van der Waals surface area contributed by atoms with Crippen LogP contribution in [0.25, 0.3) is 0 Å². The van der Waals surface area contributed by atoms with Crippen molar-refractivity contribution in [3.05, 3.63) is 59.8 Å². The van der Waals surface area contributed by atoms with Crippen molar-refractivity contribution in [3.63, 3.8) is 0 Å². The standard InChI is InChI=1S/C15H14N2O3/c1-10(15(19)20)12-7-8-13(16-9-12)17-14(18)11-5-3-2-4-6-11/h2-10H,1H3,(H,19,20)(H,16,17,18)/t10-/m1/s1. The number of nitrogens with zero attached hydrogens (tertiary/aromatic N) is 1. The monoisotopic (exact) mass is 270 g/mol. The lowest BCUT2D eigenvalue weighted by molar-refractivity contribution is -0.138. The number of aliphatic carboxylic acids is 1. The van der Waals surface area contributed by atoms with Crippen LogP contribution in [0.15, 0.2) is 48.7 Å². The van der Waals surface area contributed by atoms with Crippen LogP contribution in [0.3, 0.4) is 0 Å². The Hall–Kier alpha value is -2.69. The summed E-state index contributed by atoms with van der Waals surface area (Å²) in [5.74, 6) is -1.40. The molecule has 5 nitrogen and oxygen atoms in total. The van der Waals surface area contributed by atoms with E-state index in [0.717, 1.165) is 0 Å². The average Bonchev–Trinajstić information content (AvgIpc) is 2.48. The molecule has 1 aromatic heterocycles. The molecule has 1 heterocycles. The first-order chi connectivity index (χ1) is 9.58. The normalized spacial score (nSPS) is 11.7. The van der Waals surface area contributed by atoms with E-state index in [9.17, 15) is 9.59 Å². The third kappa shape index (κ3) is 3.20. The number of rotatable bonds is 4. The molecule has 0 unspecified atom stereocenters. The number of amides is 1. The number of carboxylic acid groups (broad SMARTS) is 1. The van der Waals surface area contributed by atoms with E-state index in [1.807, 2.05) is 6.07 Å². The van der Waals surface area contributed by atoms with Crippen LogP contribution in [0.1, 0.15) is 28.8 Å². The molecule has 2 aromatic rings. The zero-order valence-corrected chi connectivity index (χ0v) is 10.9. The molecular formula is C15H14N2O3. The second kappa shape index (κ2) is 5.97. The molecule has 0 fully saturated rings. The van der Waals surface area contributed by atoms with Gasteiger partial charge in [0.05, 0.1) is 5.92 Å². The first-order valence-electron chi connectivity index (χ1n) is 6.13. The van der Waals surface area contributed by atoms with Gasteiger partial charge < -0.3 is 10.4 Å². The first-order valence-corrected chi connectivity index (χ1v) is 6.13. The molecule has 0 saturated heterocycles. The van der Waals surface area contributed by atoms with Gasteiger partial charge in [-0.2, -0.15) is 0 Å². The van der Waals surface area contributed by atoms with Gasteiger partial charge in [0.15, 0.2) is 0 Å². The Balaban J connectivity index is 2.08. The molecule has 0 radical (unpaired) electrons. The summed E-state index contributed by atoms with van der Waals surface area (Å²) < 4.78 is 0. The minimum Gasteiger partial charge on any atom is -0.481 e. The highest BCUT2D eigenvalue weighted by Gasteiger charge is 2.14. The van der Waals surface area contributed by atoms with Gasteiger partial charge in [-0.15, -0.1) is 0 Å². The molecule has 0 aliphatic rings. The summed E-state index contributed by atoms with van der Waals surface area (Å²) in [6, 6.07) is 12.0. The minimum atomic E-state index is -0.909. The van der Waals surface area contributed by atoms with Crippen LogP contribution >= 0.6 is 0 Å². The number of benzene rings is 1. The van der Waals surface area contributed by atoms with E-state index in [1.54, 1.807) is 43.3 Å². The van der Waals surface area contributed by atoms with Gasteiger partial charge >= 0.3 is 5.97 Å². The molecule has 1 aromatic carbocycles. The lowest BCUT2D eigenvalue weighted by Gasteiger charge is -2.08. The summed E-state index contributed by atoms with van der Waals surface area (Å²) in [6.07, 6.45) is 1.46. The van der Waals surface area contributed by atoms with E-state index in [4.69, 9.17) is 5.11 Å². The van der Waals surface area contributed by atoms with Gasteiger partial charge in [-0.25, -0.2) is 4.98 Å². The number of nitrogens with one attached hydrogen (secondary N) is 1. The zero-order chi connectivity index (χ0) is 14.5. The van der Waals surface area contributed by atoms with Crippen molar-refractivity contribution >= 4 is 17.7 Å². The van der Waals surface area contributed by atoms with Gasteiger partial charge in [-0.05, 0) is 30.7 Å². The predicted octanol–water partition coefficient (Wildman–Crippen LogP) is 2.52. The van der Waals surface area contributed by atoms with Crippen LogP contribution in [0.4, 0.5) is 5.82 Å². The summed E-state index contributed by atoms with van der Waals surface area (Å²) in [7, 11) is 0. The second-order valence-electron chi connectivity index (χ2n) is 4.36. The smallest absolute Gasteiger partial charge is 0.310 e. The highest BCUT2D eigenvalue weighted by molar-refractivity contribution is 6.03. The molecule has 102 valence electrons. The highest BCUT2D eigenvalue weighted by atomic mass is 16.4. The molecule has 1 atom stereocenters. The summed E-state index contributed by atoms with van der Waals surface area (Å²) in [4.78, 5) is 26.8. The number of carbonyl (C=O) groups excluding carboxylic acids is 1. The Kier molecular flexibility index (Phi) is 4.10. The largest absolute Gasteiger partial charge is 0.481 e. The molecule has 0 spiro atoms.